The molecule has 90 valence electrons. The summed E-state index contributed by atoms with van der Waals surface area (Å²) < 4.78 is 10.8. The van der Waals surface area contributed by atoms with E-state index in [9.17, 15) is 0 Å². The lowest BCUT2D eigenvalue weighted by atomic mass is 10.2. The van der Waals surface area contributed by atoms with Gasteiger partial charge in [-0.2, -0.15) is 0 Å². The van der Waals surface area contributed by atoms with Crippen molar-refractivity contribution in [2.75, 3.05) is 39.5 Å². The quantitative estimate of drug-likeness (QED) is 0.658. The Morgan fingerprint density at radius 1 is 1.53 bits per heavy atom. The zero-order valence-corrected chi connectivity index (χ0v) is 9.82. The van der Waals surface area contributed by atoms with Crippen LogP contribution in [0.25, 0.3) is 0 Å². The highest BCUT2D eigenvalue weighted by molar-refractivity contribution is 4.76. The standard InChI is InChI=1S/C11H23NO3/c1-3-14-6-4-5-12-7-11(8-13)15-9-10(12)2/h10-11,13H,3-9H2,1-2H3. The average molecular weight is 217 g/mol. The summed E-state index contributed by atoms with van der Waals surface area (Å²) >= 11 is 0. The SMILES string of the molecule is CCOCCCN1CC(CO)OCC1C. The fourth-order valence-electron chi connectivity index (χ4n) is 1.81. The van der Waals surface area contributed by atoms with Crippen LogP contribution in [0.1, 0.15) is 20.3 Å². The molecule has 0 amide bonds. The van der Waals surface area contributed by atoms with Crippen molar-refractivity contribution in [2.45, 2.75) is 32.4 Å². The molecule has 1 N–H and O–H groups in total. The minimum absolute atomic E-state index is 0.00621. The van der Waals surface area contributed by atoms with Gasteiger partial charge in [-0.25, -0.2) is 0 Å². The van der Waals surface area contributed by atoms with E-state index in [1.807, 2.05) is 6.92 Å². The van der Waals surface area contributed by atoms with Gasteiger partial charge in [0.05, 0.1) is 19.3 Å². The lowest BCUT2D eigenvalue weighted by molar-refractivity contribution is -0.0790. The van der Waals surface area contributed by atoms with Crippen molar-refractivity contribution in [1.29, 1.82) is 0 Å². The van der Waals surface area contributed by atoms with E-state index in [1.165, 1.54) is 0 Å². The topological polar surface area (TPSA) is 41.9 Å². The highest BCUT2D eigenvalue weighted by atomic mass is 16.5. The van der Waals surface area contributed by atoms with Crippen LogP contribution in [0.2, 0.25) is 0 Å². The Morgan fingerprint density at radius 3 is 3.00 bits per heavy atom. The first-order valence-corrected chi connectivity index (χ1v) is 5.82. The van der Waals surface area contributed by atoms with E-state index >= 15 is 0 Å². The first-order chi connectivity index (χ1) is 7.27. The second-order valence-corrected chi connectivity index (χ2v) is 4.03. The Labute approximate surface area is 92.2 Å². The van der Waals surface area contributed by atoms with E-state index < -0.39 is 0 Å². The van der Waals surface area contributed by atoms with Crippen LogP contribution < -0.4 is 0 Å². The van der Waals surface area contributed by atoms with Gasteiger partial charge >= 0.3 is 0 Å². The first-order valence-electron chi connectivity index (χ1n) is 5.82. The molecule has 1 aliphatic rings. The van der Waals surface area contributed by atoms with E-state index in [2.05, 4.69) is 11.8 Å². The number of aliphatic hydroxyl groups is 1. The van der Waals surface area contributed by atoms with Crippen molar-refractivity contribution < 1.29 is 14.6 Å². The lowest BCUT2D eigenvalue weighted by Crippen LogP contribution is -2.49. The Morgan fingerprint density at radius 2 is 2.33 bits per heavy atom. The van der Waals surface area contributed by atoms with Crippen molar-refractivity contribution in [3.8, 4) is 0 Å². The van der Waals surface area contributed by atoms with Crippen LogP contribution in [-0.2, 0) is 9.47 Å². The summed E-state index contributed by atoms with van der Waals surface area (Å²) in [6.07, 6.45) is 1.05. The van der Waals surface area contributed by atoms with Crippen LogP contribution >= 0.6 is 0 Å². The predicted octanol–water partition coefficient (Wildman–Crippen LogP) is 0.495. The van der Waals surface area contributed by atoms with Gasteiger partial charge in [-0.15, -0.1) is 0 Å². The fraction of sp³-hybridized carbons (Fsp3) is 1.00. The fourth-order valence-corrected chi connectivity index (χ4v) is 1.81. The van der Waals surface area contributed by atoms with Crippen molar-refractivity contribution in [3.05, 3.63) is 0 Å². The smallest absolute Gasteiger partial charge is 0.0933 e. The molecule has 2 atom stereocenters. The molecule has 1 fully saturated rings. The molecule has 0 spiro atoms. The van der Waals surface area contributed by atoms with Gasteiger partial charge in [0.15, 0.2) is 0 Å². The summed E-state index contributed by atoms with van der Waals surface area (Å²) in [7, 11) is 0. The molecule has 15 heavy (non-hydrogen) atoms. The first kappa shape index (κ1) is 12.9. The lowest BCUT2D eigenvalue weighted by Gasteiger charge is -2.37. The van der Waals surface area contributed by atoms with Crippen LogP contribution in [0.5, 0.6) is 0 Å². The summed E-state index contributed by atoms with van der Waals surface area (Å²) in [5.74, 6) is 0. The largest absolute Gasteiger partial charge is 0.394 e. The monoisotopic (exact) mass is 217 g/mol. The van der Waals surface area contributed by atoms with Crippen molar-refractivity contribution in [3.63, 3.8) is 0 Å². The number of morpholine rings is 1. The second kappa shape index (κ2) is 7.17. The van der Waals surface area contributed by atoms with Crippen LogP contribution in [-0.4, -0.2) is 61.7 Å². The van der Waals surface area contributed by atoms with Crippen molar-refractivity contribution in [1.82, 2.24) is 4.90 Å². The van der Waals surface area contributed by atoms with E-state index in [4.69, 9.17) is 14.6 Å². The molecule has 1 saturated heterocycles. The van der Waals surface area contributed by atoms with Gasteiger partial charge in [0.25, 0.3) is 0 Å². The molecule has 0 aromatic carbocycles. The third kappa shape index (κ3) is 4.47. The molecule has 0 aromatic rings. The highest BCUT2D eigenvalue weighted by Crippen LogP contribution is 2.11. The minimum Gasteiger partial charge on any atom is -0.394 e. The number of hydrogen-bond acceptors (Lipinski definition) is 4. The molecular formula is C11H23NO3. The number of ether oxygens (including phenoxy) is 2. The minimum atomic E-state index is -0.00621. The molecule has 0 saturated carbocycles. The van der Waals surface area contributed by atoms with E-state index in [1.54, 1.807) is 0 Å². The van der Waals surface area contributed by atoms with E-state index in [0.29, 0.717) is 6.04 Å². The normalized spacial score (nSPS) is 28.2. The van der Waals surface area contributed by atoms with Crippen molar-refractivity contribution >= 4 is 0 Å². The second-order valence-electron chi connectivity index (χ2n) is 4.03. The molecule has 4 nitrogen and oxygen atoms in total. The summed E-state index contributed by atoms with van der Waals surface area (Å²) in [6, 6.07) is 0.453. The summed E-state index contributed by atoms with van der Waals surface area (Å²) in [4.78, 5) is 2.36. The molecule has 0 bridgehead atoms. The predicted molar refractivity (Wildman–Crippen MR) is 59.0 cm³/mol. The maximum Gasteiger partial charge on any atom is 0.0933 e. The van der Waals surface area contributed by atoms with Gasteiger partial charge in [0.2, 0.25) is 0 Å². The number of nitrogens with zero attached hydrogens (tertiary/aromatic N) is 1. The Kier molecular flexibility index (Phi) is 6.17. The van der Waals surface area contributed by atoms with E-state index in [-0.39, 0.29) is 12.7 Å². The Hall–Kier alpha value is -0.160. The maximum absolute atomic E-state index is 9.03. The number of rotatable bonds is 6. The number of hydrogen-bond donors (Lipinski definition) is 1. The molecular weight excluding hydrogens is 194 g/mol. The molecule has 0 aromatic heterocycles. The van der Waals surface area contributed by atoms with Gasteiger partial charge in [0.1, 0.15) is 0 Å². The van der Waals surface area contributed by atoms with Crippen LogP contribution in [0, 0.1) is 0 Å². The molecule has 0 radical (unpaired) electrons. The van der Waals surface area contributed by atoms with Crippen LogP contribution in [0.15, 0.2) is 0 Å². The Bertz CT molecular complexity index is 166. The molecule has 4 heteroatoms. The highest BCUT2D eigenvalue weighted by Gasteiger charge is 2.24. The zero-order chi connectivity index (χ0) is 11.1. The van der Waals surface area contributed by atoms with Crippen molar-refractivity contribution in [2.24, 2.45) is 0 Å². The van der Waals surface area contributed by atoms with Gasteiger partial charge in [-0.1, -0.05) is 0 Å². The van der Waals surface area contributed by atoms with Gasteiger partial charge < -0.3 is 14.6 Å². The number of aliphatic hydroxyl groups excluding tert-OH is 1. The molecule has 1 rings (SSSR count). The average Bonchev–Trinajstić information content (AvgIpc) is 2.26. The summed E-state index contributed by atoms with van der Waals surface area (Å²) in [5.41, 5.74) is 0. The van der Waals surface area contributed by atoms with Crippen LogP contribution in [0.4, 0.5) is 0 Å². The van der Waals surface area contributed by atoms with Crippen LogP contribution in [0.3, 0.4) is 0 Å². The zero-order valence-electron chi connectivity index (χ0n) is 9.82. The molecule has 2 unspecified atom stereocenters. The third-order valence-corrected chi connectivity index (χ3v) is 2.78. The van der Waals surface area contributed by atoms with Gasteiger partial charge in [-0.05, 0) is 20.3 Å². The molecule has 0 aliphatic carbocycles. The van der Waals surface area contributed by atoms with Gasteiger partial charge in [-0.3, -0.25) is 4.90 Å². The van der Waals surface area contributed by atoms with Gasteiger partial charge in [0, 0.05) is 32.3 Å². The third-order valence-electron chi connectivity index (χ3n) is 2.78. The molecule has 1 heterocycles. The van der Waals surface area contributed by atoms with E-state index in [0.717, 1.165) is 39.3 Å². The summed E-state index contributed by atoms with van der Waals surface area (Å²) in [5, 5.41) is 9.03. The summed E-state index contributed by atoms with van der Waals surface area (Å²) in [6.45, 7) is 8.50. The Balaban J connectivity index is 2.19. The maximum atomic E-state index is 9.03. The molecule has 1 aliphatic heterocycles.